The van der Waals surface area contributed by atoms with Crippen molar-refractivity contribution in [2.75, 3.05) is 13.2 Å². The zero-order valence-electron chi connectivity index (χ0n) is 14.7. The average Bonchev–Trinajstić information content (AvgIpc) is 2.95. The smallest absolute Gasteiger partial charge is 0.0854 e. The van der Waals surface area contributed by atoms with Gasteiger partial charge in [-0.1, -0.05) is 12.5 Å². The predicted octanol–water partition coefficient (Wildman–Crippen LogP) is 2.92. The normalized spacial score (nSPS) is 21.7. The molecule has 0 saturated carbocycles. The molecule has 2 aromatic rings. The van der Waals surface area contributed by atoms with E-state index in [1.807, 2.05) is 6.20 Å². The Bertz CT molecular complexity index is 707. The summed E-state index contributed by atoms with van der Waals surface area (Å²) in [6.07, 6.45) is 6.65. The molecule has 5 heteroatoms. The summed E-state index contributed by atoms with van der Waals surface area (Å²) >= 11 is 0. The van der Waals surface area contributed by atoms with Gasteiger partial charge in [0.05, 0.1) is 30.6 Å². The molecule has 128 valence electrons. The Balaban J connectivity index is 1.61. The molecule has 0 aromatic carbocycles. The number of aryl methyl sites for hydroxylation is 2. The number of hydrogen-bond acceptors (Lipinski definition) is 4. The first kappa shape index (κ1) is 15.8. The molecule has 0 amide bonds. The summed E-state index contributed by atoms with van der Waals surface area (Å²) < 4.78 is 7.80. The van der Waals surface area contributed by atoms with E-state index in [4.69, 9.17) is 9.84 Å². The van der Waals surface area contributed by atoms with Crippen LogP contribution >= 0.6 is 0 Å². The zero-order valence-corrected chi connectivity index (χ0v) is 14.7. The number of hydrogen-bond donors (Lipinski definition) is 0. The molecule has 1 saturated heterocycles. The molecule has 0 aliphatic carbocycles. The van der Waals surface area contributed by atoms with Gasteiger partial charge in [-0.05, 0) is 37.9 Å². The third kappa shape index (κ3) is 2.98. The highest BCUT2D eigenvalue weighted by Gasteiger charge is 2.31. The van der Waals surface area contributed by atoms with Gasteiger partial charge in [-0.3, -0.25) is 14.6 Å². The molecule has 1 fully saturated rings. The topological polar surface area (TPSA) is 43.2 Å². The van der Waals surface area contributed by atoms with E-state index in [9.17, 15) is 0 Å². The van der Waals surface area contributed by atoms with Gasteiger partial charge in [0, 0.05) is 37.5 Å². The molecule has 0 radical (unpaired) electrons. The molecule has 2 aliphatic heterocycles. The summed E-state index contributed by atoms with van der Waals surface area (Å²) in [5.74, 6) is 0. The number of fused-ring (bicyclic) bond motifs is 1. The van der Waals surface area contributed by atoms with Gasteiger partial charge in [0.2, 0.25) is 0 Å². The Morgan fingerprint density at radius 1 is 1.29 bits per heavy atom. The van der Waals surface area contributed by atoms with Crippen molar-refractivity contribution in [2.45, 2.75) is 51.8 Å². The zero-order chi connectivity index (χ0) is 16.5. The highest BCUT2D eigenvalue weighted by atomic mass is 16.5. The average molecular weight is 326 g/mol. The SMILES string of the molecule is Cc1ccc(CN2CCCCC2c2nn(C)c3c2COCC3)nc1. The number of ether oxygens (including phenoxy) is 1. The van der Waals surface area contributed by atoms with Gasteiger partial charge in [0.1, 0.15) is 0 Å². The minimum absolute atomic E-state index is 0.388. The van der Waals surface area contributed by atoms with Crippen molar-refractivity contribution in [2.24, 2.45) is 7.05 Å². The van der Waals surface area contributed by atoms with Gasteiger partial charge in [0.25, 0.3) is 0 Å². The van der Waals surface area contributed by atoms with E-state index >= 15 is 0 Å². The Labute approximate surface area is 143 Å². The van der Waals surface area contributed by atoms with Crippen molar-refractivity contribution in [3.63, 3.8) is 0 Å². The molecule has 0 N–H and O–H groups in total. The largest absolute Gasteiger partial charge is 0.376 e. The van der Waals surface area contributed by atoms with Crippen LogP contribution in [0.3, 0.4) is 0 Å². The lowest BCUT2D eigenvalue weighted by Gasteiger charge is -2.35. The molecule has 2 aromatic heterocycles. The quantitative estimate of drug-likeness (QED) is 0.870. The van der Waals surface area contributed by atoms with Crippen LogP contribution in [0.25, 0.3) is 0 Å². The number of nitrogens with zero attached hydrogens (tertiary/aromatic N) is 4. The second-order valence-electron chi connectivity index (χ2n) is 7.05. The third-order valence-corrected chi connectivity index (χ3v) is 5.30. The number of piperidine rings is 1. The van der Waals surface area contributed by atoms with Crippen molar-refractivity contribution >= 4 is 0 Å². The van der Waals surface area contributed by atoms with Gasteiger partial charge >= 0.3 is 0 Å². The molecule has 4 rings (SSSR count). The van der Waals surface area contributed by atoms with Crippen LogP contribution in [0.1, 0.15) is 53.5 Å². The van der Waals surface area contributed by atoms with E-state index in [0.29, 0.717) is 12.6 Å². The fraction of sp³-hybridized carbons (Fsp3) is 0.579. The summed E-state index contributed by atoms with van der Waals surface area (Å²) in [5.41, 5.74) is 6.28. The summed E-state index contributed by atoms with van der Waals surface area (Å²) in [6, 6.07) is 4.69. The lowest BCUT2D eigenvalue weighted by atomic mass is 9.95. The predicted molar refractivity (Wildman–Crippen MR) is 92.5 cm³/mol. The van der Waals surface area contributed by atoms with Crippen LogP contribution in [0.15, 0.2) is 18.3 Å². The van der Waals surface area contributed by atoms with E-state index in [-0.39, 0.29) is 0 Å². The van der Waals surface area contributed by atoms with Crippen LogP contribution in [0.4, 0.5) is 0 Å². The molecule has 24 heavy (non-hydrogen) atoms. The van der Waals surface area contributed by atoms with E-state index < -0.39 is 0 Å². The van der Waals surface area contributed by atoms with Crippen LogP contribution in [-0.2, 0) is 31.4 Å². The van der Waals surface area contributed by atoms with Crippen molar-refractivity contribution < 1.29 is 4.74 Å². The molecule has 2 aliphatic rings. The Morgan fingerprint density at radius 3 is 3.04 bits per heavy atom. The van der Waals surface area contributed by atoms with E-state index in [2.05, 4.69) is 40.7 Å². The fourth-order valence-corrected chi connectivity index (χ4v) is 4.00. The molecular formula is C19H26N4O. The molecule has 4 heterocycles. The summed E-state index contributed by atoms with van der Waals surface area (Å²) in [5, 5.41) is 4.90. The number of likely N-dealkylation sites (tertiary alicyclic amines) is 1. The van der Waals surface area contributed by atoms with E-state index in [0.717, 1.165) is 31.8 Å². The lowest BCUT2D eigenvalue weighted by molar-refractivity contribution is 0.102. The number of aromatic nitrogens is 3. The van der Waals surface area contributed by atoms with Crippen molar-refractivity contribution in [1.82, 2.24) is 19.7 Å². The summed E-state index contributed by atoms with van der Waals surface area (Å²) in [6.45, 7) is 5.63. The Hall–Kier alpha value is -1.72. The van der Waals surface area contributed by atoms with Crippen molar-refractivity contribution in [3.05, 3.63) is 46.5 Å². The van der Waals surface area contributed by atoms with Crippen molar-refractivity contribution in [1.29, 1.82) is 0 Å². The maximum absolute atomic E-state index is 5.72. The van der Waals surface area contributed by atoms with Crippen LogP contribution in [-0.4, -0.2) is 32.8 Å². The van der Waals surface area contributed by atoms with Gasteiger partial charge in [0.15, 0.2) is 0 Å². The Kier molecular flexibility index (Phi) is 4.37. The van der Waals surface area contributed by atoms with Crippen LogP contribution in [0.2, 0.25) is 0 Å². The maximum atomic E-state index is 5.72. The standard InChI is InChI=1S/C19H26N4O/c1-14-6-7-15(20-11-14)12-23-9-4-3-5-18(23)19-16-13-24-10-8-17(16)22(2)21-19/h6-7,11,18H,3-5,8-10,12-13H2,1-2H3. The van der Waals surface area contributed by atoms with Gasteiger partial charge in [-0.2, -0.15) is 5.10 Å². The van der Waals surface area contributed by atoms with E-state index in [1.54, 1.807) is 0 Å². The van der Waals surface area contributed by atoms with Crippen LogP contribution in [0, 0.1) is 6.92 Å². The second kappa shape index (κ2) is 6.65. The van der Waals surface area contributed by atoms with Gasteiger partial charge in [-0.15, -0.1) is 0 Å². The summed E-state index contributed by atoms with van der Waals surface area (Å²) in [7, 11) is 2.07. The van der Waals surface area contributed by atoms with Gasteiger partial charge < -0.3 is 4.74 Å². The molecule has 1 unspecified atom stereocenters. The van der Waals surface area contributed by atoms with E-state index in [1.165, 1.54) is 41.8 Å². The molecule has 5 nitrogen and oxygen atoms in total. The number of rotatable bonds is 3. The van der Waals surface area contributed by atoms with Crippen molar-refractivity contribution in [3.8, 4) is 0 Å². The first-order valence-electron chi connectivity index (χ1n) is 9.00. The lowest BCUT2D eigenvalue weighted by Crippen LogP contribution is -2.34. The molecule has 0 spiro atoms. The highest BCUT2D eigenvalue weighted by molar-refractivity contribution is 5.30. The molecule has 1 atom stereocenters. The fourth-order valence-electron chi connectivity index (χ4n) is 4.00. The molecular weight excluding hydrogens is 300 g/mol. The monoisotopic (exact) mass is 326 g/mol. The summed E-state index contributed by atoms with van der Waals surface area (Å²) in [4.78, 5) is 7.16. The van der Waals surface area contributed by atoms with Crippen LogP contribution in [0.5, 0.6) is 0 Å². The minimum Gasteiger partial charge on any atom is -0.376 e. The molecule has 0 bridgehead atoms. The highest BCUT2D eigenvalue weighted by Crippen LogP contribution is 2.35. The minimum atomic E-state index is 0.388. The van der Waals surface area contributed by atoms with Crippen LogP contribution < -0.4 is 0 Å². The number of pyridine rings is 1. The van der Waals surface area contributed by atoms with Gasteiger partial charge in [-0.25, -0.2) is 0 Å². The maximum Gasteiger partial charge on any atom is 0.0854 e. The Morgan fingerprint density at radius 2 is 2.21 bits per heavy atom. The second-order valence-corrected chi connectivity index (χ2v) is 7.05. The first-order chi connectivity index (χ1) is 11.7. The third-order valence-electron chi connectivity index (χ3n) is 5.30. The first-order valence-corrected chi connectivity index (χ1v) is 9.00.